The van der Waals surface area contributed by atoms with Crippen molar-refractivity contribution in [2.24, 2.45) is 4.99 Å². The topological polar surface area (TPSA) is 29.4 Å². The summed E-state index contributed by atoms with van der Waals surface area (Å²) in [5, 5.41) is 0. The van der Waals surface area contributed by atoms with E-state index >= 15 is 0 Å². The Balaban J connectivity index is 3.30. The summed E-state index contributed by atoms with van der Waals surface area (Å²) in [5.41, 5.74) is 1.03. The van der Waals surface area contributed by atoms with Crippen LogP contribution in [0.1, 0.15) is 15.9 Å². The fourth-order valence-corrected chi connectivity index (χ4v) is 0.966. The molecule has 0 aromatic heterocycles. The predicted octanol–water partition coefficient (Wildman–Crippen LogP) is 2.31. The third-order valence-electron chi connectivity index (χ3n) is 1.64. The quantitative estimate of drug-likeness (QED) is 0.514. The Morgan fingerprint density at radius 3 is 2.77 bits per heavy atom. The van der Waals surface area contributed by atoms with E-state index in [1.54, 1.807) is 0 Å². The minimum absolute atomic E-state index is 0.293. The minimum Gasteiger partial charge on any atom is -0.298 e. The maximum atomic E-state index is 12.8. The molecule has 1 rings (SSSR count). The lowest BCUT2D eigenvalue weighted by molar-refractivity contribution is 0.112. The number of carbonyl (C=O) groups excluding carboxylic acids is 1. The Bertz CT molecular complexity index is 371. The fraction of sp³-hybridized carbons (Fsp3) is 0. The Morgan fingerprint density at radius 2 is 2.23 bits per heavy atom. The van der Waals surface area contributed by atoms with Gasteiger partial charge in [-0.15, -0.1) is 0 Å². The van der Waals surface area contributed by atoms with Crippen molar-refractivity contribution in [3.05, 3.63) is 41.7 Å². The number of hydrogen-bond donors (Lipinski definition) is 0. The zero-order valence-electron chi connectivity index (χ0n) is 6.96. The highest BCUT2D eigenvalue weighted by atomic mass is 19.1. The monoisotopic (exact) mass is 177 g/mol. The summed E-state index contributed by atoms with van der Waals surface area (Å²) >= 11 is 0. The first-order valence-electron chi connectivity index (χ1n) is 3.59. The largest absolute Gasteiger partial charge is 0.298 e. The minimum atomic E-state index is -0.426. The highest BCUT2D eigenvalue weighted by Gasteiger charge is 2.05. The third-order valence-corrected chi connectivity index (χ3v) is 1.64. The van der Waals surface area contributed by atoms with Gasteiger partial charge in [-0.05, 0) is 24.9 Å². The summed E-state index contributed by atoms with van der Waals surface area (Å²) in [6, 6.07) is 3.80. The van der Waals surface area contributed by atoms with E-state index in [4.69, 9.17) is 0 Å². The van der Waals surface area contributed by atoms with Gasteiger partial charge >= 0.3 is 0 Å². The van der Waals surface area contributed by atoms with Crippen LogP contribution in [0.3, 0.4) is 0 Å². The van der Waals surface area contributed by atoms with Crippen LogP contribution in [-0.4, -0.2) is 13.0 Å². The lowest BCUT2D eigenvalue weighted by Crippen LogP contribution is -1.91. The summed E-state index contributed by atoms with van der Waals surface area (Å²) in [6.07, 6.45) is 0.630. The first kappa shape index (κ1) is 9.32. The number of benzene rings is 1. The Hall–Kier alpha value is -1.77. The molecular weight excluding hydrogens is 169 g/mol. The molecule has 0 saturated carbocycles. The van der Waals surface area contributed by atoms with Crippen molar-refractivity contribution in [3.8, 4) is 0 Å². The van der Waals surface area contributed by atoms with Gasteiger partial charge in [0.15, 0.2) is 6.29 Å². The van der Waals surface area contributed by atoms with E-state index in [2.05, 4.69) is 18.3 Å². The van der Waals surface area contributed by atoms with Gasteiger partial charge in [-0.1, -0.05) is 6.58 Å². The lowest BCUT2D eigenvalue weighted by Gasteiger charge is -2.02. The van der Waals surface area contributed by atoms with Gasteiger partial charge in [0.05, 0.1) is 5.70 Å². The molecule has 0 N–H and O–H groups in total. The van der Waals surface area contributed by atoms with Gasteiger partial charge in [-0.3, -0.25) is 9.79 Å². The SMILES string of the molecule is C=NC(=C)c1cc(F)ccc1C=O. The Morgan fingerprint density at radius 1 is 1.54 bits per heavy atom. The van der Waals surface area contributed by atoms with Crippen LogP contribution >= 0.6 is 0 Å². The van der Waals surface area contributed by atoms with Crippen LogP contribution in [0.2, 0.25) is 0 Å². The third kappa shape index (κ3) is 1.87. The van der Waals surface area contributed by atoms with Crippen LogP contribution in [0.4, 0.5) is 4.39 Å². The molecular formula is C10H8FNO. The summed E-state index contributed by atoms with van der Waals surface area (Å²) < 4.78 is 12.8. The van der Waals surface area contributed by atoms with E-state index in [-0.39, 0.29) is 0 Å². The maximum Gasteiger partial charge on any atom is 0.150 e. The lowest BCUT2D eigenvalue weighted by atomic mass is 10.1. The number of carbonyl (C=O) groups is 1. The second-order valence-corrected chi connectivity index (χ2v) is 2.45. The molecule has 0 unspecified atom stereocenters. The summed E-state index contributed by atoms with van der Waals surface area (Å²) in [4.78, 5) is 14.1. The summed E-state index contributed by atoms with van der Waals surface area (Å²) in [7, 11) is 0. The van der Waals surface area contributed by atoms with Crippen molar-refractivity contribution in [1.82, 2.24) is 0 Å². The normalized spacial score (nSPS) is 9.31. The van der Waals surface area contributed by atoms with Gasteiger partial charge in [0.2, 0.25) is 0 Å². The molecule has 13 heavy (non-hydrogen) atoms. The molecule has 0 bridgehead atoms. The molecule has 0 saturated heterocycles. The fourth-order valence-electron chi connectivity index (χ4n) is 0.966. The average molecular weight is 177 g/mol. The van der Waals surface area contributed by atoms with Crippen molar-refractivity contribution < 1.29 is 9.18 Å². The number of rotatable bonds is 3. The molecule has 3 heteroatoms. The zero-order valence-corrected chi connectivity index (χ0v) is 6.96. The van der Waals surface area contributed by atoms with E-state index in [0.29, 0.717) is 23.1 Å². The molecule has 0 aliphatic heterocycles. The number of halogens is 1. The summed E-state index contributed by atoms with van der Waals surface area (Å²) in [6.45, 7) is 6.79. The van der Waals surface area contributed by atoms with Crippen molar-refractivity contribution in [1.29, 1.82) is 0 Å². The van der Waals surface area contributed by atoms with Crippen molar-refractivity contribution >= 4 is 18.7 Å². The van der Waals surface area contributed by atoms with Crippen LogP contribution in [0, 0.1) is 5.82 Å². The van der Waals surface area contributed by atoms with Gasteiger partial charge in [0.25, 0.3) is 0 Å². The first-order valence-corrected chi connectivity index (χ1v) is 3.59. The molecule has 0 aliphatic carbocycles. The molecule has 2 nitrogen and oxygen atoms in total. The first-order chi connectivity index (χ1) is 6.19. The van der Waals surface area contributed by atoms with Crippen molar-refractivity contribution in [2.45, 2.75) is 0 Å². The highest BCUT2D eigenvalue weighted by molar-refractivity contribution is 5.85. The van der Waals surface area contributed by atoms with E-state index < -0.39 is 5.82 Å². The standard InChI is InChI=1S/C10H8FNO/c1-7(12-2)10-5-9(11)4-3-8(10)6-13/h3-6H,1-2H2. The highest BCUT2D eigenvalue weighted by Crippen LogP contribution is 2.18. The predicted molar refractivity (Wildman–Crippen MR) is 50.4 cm³/mol. The number of aliphatic imine (C=N–C) groups is 1. The van der Waals surface area contributed by atoms with Crippen LogP contribution in [0.15, 0.2) is 29.8 Å². The molecule has 0 spiro atoms. The molecule has 0 radical (unpaired) electrons. The van der Waals surface area contributed by atoms with Gasteiger partial charge in [0.1, 0.15) is 5.82 Å². The number of aldehydes is 1. The van der Waals surface area contributed by atoms with Crippen LogP contribution in [0.25, 0.3) is 5.70 Å². The maximum absolute atomic E-state index is 12.8. The second-order valence-electron chi connectivity index (χ2n) is 2.45. The molecule has 0 amide bonds. The number of hydrogen-bond acceptors (Lipinski definition) is 2. The van der Waals surface area contributed by atoms with E-state index in [9.17, 15) is 9.18 Å². The van der Waals surface area contributed by atoms with Crippen molar-refractivity contribution in [2.75, 3.05) is 0 Å². The Labute approximate surface area is 75.4 Å². The molecule has 0 heterocycles. The number of nitrogens with zero attached hydrogens (tertiary/aromatic N) is 1. The van der Waals surface area contributed by atoms with Crippen LogP contribution in [-0.2, 0) is 0 Å². The molecule has 0 atom stereocenters. The van der Waals surface area contributed by atoms with Crippen molar-refractivity contribution in [3.63, 3.8) is 0 Å². The van der Waals surface area contributed by atoms with Gasteiger partial charge in [-0.2, -0.15) is 0 Å². The van der Waals surface area contributed by atoms with E-state index in [0.717, 1.165) is 0 Å². The van der Waals surface area contributed by atoms with E-state index in [1.165, 1.54) is 18.2 Å². The molecule has 0 aliphatic rings. The molecule has 66 valence electrons. The summed E-state index contributed by atoms with van der Waals surface area (Å²) in [5.74, 6) is -0.426. The molecule has 0 fully saturated rings. The van der Waals surface area contributed by atoms with Gasteiger partial charge in [-0.25, -0.2) is 4.39 Å². The van der Waals surface area contributed by atoms with Gasteiger partial charge < -0.3 is 0 Å². The van der Waals surface area contributed by atoms with Gasteiger partial charge in [0, 0.05) is 11.1 Å². The van der Waals surface area contributed by atoms with Crippen LogP contribution in [0.5, 0.6) is 0 Å². The Kier molecular flexibility index (Phi) is 2.69. The smallest absolute Gasteiger partial charge is 0.150 e. The van der Waals surface area contributed by atoms with E-state index in [1.807, 2.05) is 0 Å². The zero-order chi connectivity index (χ0) is 9.84. The second kappa shape index (κ2) is 3.76. The van der Waals surface area contributed by atoms with Crippen LogP contribution < -0.4 is 0 Å². The molecule has 1 aromatic carbocycles. The molecule has 1 aromatic rings. The average Bonchev–Trinajstić information content (AvgIpc) is 2.16.